The molecule has 0 aliphatic carbocycles. The van der Waals surface area contributed by atoms with Gasteiger partial charge < -0.3 is 10.1 Å². The van der Waals surface area contributed by atoms with Gasteiger partial charge in [0.15, 0.2) is 0 Å². The highest BCUT2D eigenvalue weighted by molar-refractivity contribution is 6.33. The normalized spacial score (nSPS) is 10.4. The highest BCUT2D eigenvalue weighted by Gasteiger charge is 2.21. The summed E-state index contributed by atoms with van der Waals surface area (Å²) in [6.45, 7) is 1.77. The van der Waals surface area contributed by atoms with Gasteiger partial charge in [-0.3, -0.25) is 9.59 Å². The third-order valence-corrected chi connectivity index (χ3v) is 3.94. The molecular weight excluding hydrogens is 341 g/mol. The zero-order valence-corrected chi connectivity index (χ0v) is 14.1. The maximum absolute atomic E-state index is 12.2. The summed E-state index contributed by atoms with van der Waals surface area (Å²) in [5.74, 6) is -1.03. The predicted molar refractivity (Wildman–Crippen MR) is 86.9 cm³/mol. The maximum Gasteiger partial charge on any atom is 0.325 e. The monoisotopic (exact) mass is 355 g/mol. The number of hydrogen-bond donors (Lipinski definition) is 1. The third kappa shape index (κ3) is 4.03. The number of carbonyl (C=O) groups excluding carboxylic acids is 2. The molecule has 0 fully saturated rings. The zero-order valence-electron chi connectivity index (χ0n) is 12.6. The van der Waals surface area contributed by atoms with Gasteiger partial charge in [0.1, 0.15) is 11.7 Å². The van der Waals surface area contributed by atoms with Gasteiger partial charge in [0.25, 0.3) is 5.91 Å². The molecule has 0 aliphatic heterocycles. The van der Waals surface area contributed by atoms with Gasteiger partial charge >= 0.3 is 5.97 Å². The molecule has 2 aromatic rings. The molecule has 0 unspecified atom stereocenters. The number of esters is 1. The van der Waals surface area contributed by atoms with E-state index >= 15 is 0 Å². The van der Waals surface area contributed by atoms with Crippen molar-refractivity contribution in [3.8, 4) is 0 Å². The lowest BCUT2D eigenvalue weighted by atomic mass is 10.2. The van der Waals surface area contributed by atoms with Crippen LogP contribution in [0.5, 0.6) is 0 Å². The number of ether oxygens (including phenoxy) is 1. The van der Waals surface area contributed by atoms with Crippen LogP contribution in [0, 0.1) is 6.92 Å². The van der Waals surface area contributed by atoms with Gasteiger partial charge in [-0.1, -0.05) is 41.4 Å². The number of methoxy groups -OCH3 is 1. The van der Waals surface area contributed by atoms with E-state index in [-0.39, 0.29) is 17.3 Å². The number of amides is 1. The lowest BCUT2D eigenvalue weighted by Gasteiger charge is -2.06. The first-order valence-corrected chi connectivity index (χ1v) is 7.51. The minimum atomic E-state index is -0.546. The molecule has 23 heavy (non-hydrogen) atoms. The van der Waals surface area contributed by atoms with Crippen LogP contribution >= 0.6 is 23.2 Å². The van der Waals surface area contributed by atoms with Crippen molar-refractivity contribution in [1.29, 1.82) is 0 Å². The van der Waals surface area contributed by atoms with E-state index in [4.69, 9.17) is 23.2 Å². The fourth-order valence-corrected chi connectivity index (χ4v) is 2.53. The van der Waals surface area contributed by atoms with E-state index < -0.39 is 11.9 Å². The summed E-state index contributed by atoms with van der Waals surface area (Å²) in [5, 5.41) is 7.48. The summed E-state index contributed by atoms with van der Waals surface area (Å²) < 4.78 is 5.96. The molecule has 0 atom stereocenters. The van der Waals surface area contributed by atoms with E-state index in [2.05, 4.69) is 15.2 Å². The predicted octanol–water partition coefficient (Wildman–Crippen LogP) is 2.45. The smallest absolute Gasteiger partial charge is 0.325 e. The standard InChI is InChI=1S/C15H15Cl2N3O3/c1-9-13(15(22)18-7-12(21)23-2)14(17)20(19-9)8-10-5-3-4-6-11(10)16/h3-6H,7-8H2,1-2H3,(H,18,22). The topological polar surface area (TPSA) is 73.2 Å². The Bertz CT molecular complexity index is 744. The number of nitrogens with zero attached hydrogens (tertiary/aromatic N) is 2. The van der Waals surface area contributed by atoms with Gasteiger partial charge in [-0.15, -0.1) is 0 Å². The van der Waals surface area contributed by atoms with E-state index in [1.807, 2.05) is 18.2 Å². The Balaban J connectivity index is 2.21. The Kier molecular flexibility index (Phi) is 5.63. The number of rotatable bonds is 5. The zero-order chi connectivity index (χ0) is 17.0. The van der Waals surface area contributed by atoms with Crippen LogP contribution in [0.1, 0.15) is 21.6 Å². The minimum absolute atomic E-state index is 0.185. The molecular formula is C15H15Cl2N3O3. The van der Waals surface area contributed by atoms with Gasteiger partial charge in [0.05, 0.1) is 24.9 Å². The average molecular weight is 356 g/mol. The van der Waals surface area contributed by atoms with Crippen LogP contribution in [0.4, 0.5) is 0 Å². The van der Waals surface area contributed by atoms with E-state index in [0.717, 1.165) is 5.56 Å². The molecule has 0 radical (unpaired) electrons. The molecule has 1 aromatic heterocycles. The number of carbonyl (C=O) groups is 2. The molecule has 1 N–H and O–H groups in total. The van der Waals surface area contributed by atoms with E-state index in [0.29, 0.717) is 17.3 Å². The van der Waals surface area contributed by atoms with Crippen molar-refractivity contribution in [3.05, 3.63) is 51.3 Å². The number of aromatic nitrogens is 2. The highest BCUT2D eigenvalue weighted by atomic mass is 35.5. The van der Waals surface area contributed by atoms with Crippen molar-refractivity contribution in [2.75, 3.05) is 13.7 Å². The fraction of sp³-hybridized carbons (Fsp3) is 0.267. The van der Waals surface area contributed by atoms with Gasteiger partial charge in [-0.25, -0.2) is 4.68 Å². The van der Waals surface area contributed by atoms with Gasteiger partial charge in [-0.05, 0) is 18.6 Å². The second-order valence-corrected chi connectivity index (χ2v) is 5.52. The number of hydrogen-bond acceptors (Lipinski definition) is 4. The van der Waals surface area contributed by atoms with Crippen LogP contribution in [-0.4, -0.2) is 35.3 Å². The number of halogens is 2. The van der Waals surface area contributed by atoms with Crippen molar-refractivity contribution >= 4 is 35.1 Å². The second-order valence-electron chi connectivity index (χ2n) is 4.76. The summed E-state index contributed by atoms with van der Waals surface area (Å²) >= 11 is 12.4. The molecule has 0 saturated carbocycles. The molecule has 1 amide bonds. The SMILES string of the molecule is COC(=O)CNC(=O)c1c(C)nn(Cc2ccccc2Cl)c1Cl. The van der Waals surface area contributed by atoms with Crippen LogP contribution in [0.2, 0.25) is 10.2 Å². The molecule has 0 aliphatic rings. The van der Waals surface area contributed by atoms with Crippen molar-refractivity contribution in [2.45, 2.75) is 13.5 Å². The van der Waals surface area contributed by atoms with Crippen LogP contribution in [0.25, 0.3) is 0 Å². The Morgan fingerprint density at radius 2 is 2.00 bits per heavy atom. The summed E-state index contributed by atoms with van der Waals surface area (Å²) in [4.78, 5) is 23.3. The number of benzene rings is 1. The first-order chi connectivity index (χ1) is 10.9. The van der Waals surface area contributed by atoms with Crippen LogP contribution < -0.4 is 5.32 Å². The molecule has 1 heterocycles. The summed E-state index contributed by atoms with van der Waals surface area (Å²) in [5.41, 5.74) is 1.52. The fourth-order valence-electron chi connectivity index (χ4n) is 2.02. The summed E-state index contributed by atoms with van der Waals surface area (Å²) in [7, 11) is 1.24. The van der Waals surface area contributed by atoms with E-state index in [9.17, 15) is 9.59 Å². The summed E-state index contributed by atoms with van der Waals surface area (Å²) in [6, 6.07) is 7.31. The second kappa shape index (κ2) is 7.48. The van der Waals surface area contributed by atoms with Crippen molar-refractivity contribution < 1.29 is 14.3 Å². The molecule has 2 rings (SSSR count). The van der Waals surface area contributed by atoms with E-state index in [1.54, 1.807) is 13.0 Å². The Morgan fingerprint density at radius 1 is 1.30 bits per heavy atom. The molecule has 0 bridgehead atoms. The Morgan fingerprint density at radius 3 is 2.65 bits per heavy atom. The number of nitrogens with one attached hydrogen (secondary N) is 1. The van der Waals surface area contributed by atoms with Crippen LogP contribution in [-0.2, 0) is 16.1 Å². The lowest BCUT2D eigenvalue weighted by Crippen LogP contribution is -2.30. The van der Waals surface area contributed by atoms with Crippen LogP contribution in [0.3, 0.4) is 0 Å². The maximum atomic E-state index is 12.2. The largest absolute Gasteiger partial charge is 0.468 e. The van der Waals surface area contributed by atoms with Crippen LogP contribution in [0.15, 0.2) is 24.3 Å². The first kappa shape index (κ1) is 17.3. The summed E-state index contributed by atoms with van der Waals surface area (Å²) in [6.07, 6.45) is 0. The van der Waals surface area contributed by atoms with Crippen molar-refractivity contribution in [1.82, 2.24) is 15.1 Å². The molecule has 8 heteroatoms. The van der Waals surface area contributed by atoms with Crippen molar-refractivity contribution in [2.24, 2.45) is 0 Å². The van der Waals surface area contributed by atoms with Crippen molar-refractivity contribution in [3.63, 3.8) is 0 Å². The van der Waals surface area contributed by atoms with Gasteiger partial charge in [-0.2, -0.15) is 5.10 Å². The molecule has 6 nitrogen and oxygen atoms in total. The minimum Gasteiger partial charge on any atom is -0.468 e. The molecule has 122 valence electrons. The first-order valence-electron chi connectivity index (χ1n) is 6.75. The quantitative estimate of drug-likeness (QED) is 0.836. The Hall–Kier alpha value is -2.05. The molecule has 0 saturated heterocycles. The lowest BCUT2D eigenvalue weighted by molar-refractivity contribution is -0.139. The van der Waals surface area contributed by atoms with Gasteiger partial charge in [0, 0.05) is 5.02 Å². The molecule has 0 spiro atoms. The average Bonchev–Trinajstić information content (AvgIpc) is 2.81. The van der Waals surface area contributed by atoms with Gasteiger partial charge in [0.2, 0.25) is 0 Å². The third-order valence-electron chi connectivity index (χ3n) is 3.19. The molecule has 1 aromatic carbocycles. The highest BCUT2D eigenvalue weighted by Crippen LogP contribution is 2.23. The number of aryl methyl sites for hydroxylation is 1. The van der Waals surface area contributed by atoms with E-state index in [1.165, 1.54) is 11.8 Å². The Labute approximate surface area is 143 Å².